The fourth-order valence-corrected chi connectivity index (χ4v) is 5.03. The summed E-state index contributed by atoms with van der Waals surface area (Å²) >= 11 is 1.53. The Kier molecular flexibility index (Phi) is 5.06. The van der Waals surface area contributed by atoms with Crippen LogP contribution >= 0.6 is 11.3 Å². The molecule has 0 bridgehead atoms. The van der Waals surface area contributed by atoms with Crippen LogP contribution in [0.25, 0.3) is 4.96 Å². The molecule has 1 fully saturated rings. The fraction of sp³-hybridized carbons (Fsp3) is 0.500. The smallest absolute Gasteiger partial charge is 0.230 e. The number of aromatic hydroxyl groups is 1. The van der Waals surface area contributed by atoms with Crippen LogP contribution in [0, 0.1) is 5.92 Å². The lowest BCUT2D eigenvalue weighted by Crippen LogP contribution is -2.37. The molecule has 1 aliphatic rings. The van der Waals surface area contributed by atoms with E-state index >= 15 is 0 Å². The predicted molar refractivity (Wildman–Crippen MR) is 107 cm³/mol. The summed E-state index contributed by atoms with van der Waals surface area (Å²) < 4.78 is 6.90. The summed E-state index contributed by atoms with van der Waals surface area (Å²) in [6.07, 6.45) is 3.19. The number of likely N-dealkylation sites (tertiary alicyclic amines) is 1. The van der Waals surface area contributed by atoms with Gasteiger partial charge >= 0.3 is 0 Å². The second-order valence-electron chi connectivity index (χ2n) is 7.28. The summed E-state index contributed by atoms with van der Waals surface area (Å²) in [7, 11) is 1.68. The van der Waals surface area contributed by atoms with Crippen molar-refractivity contribution in [3.8, 4) is 11.6 Å². The van der Waals surface area contributed by atoms with Crippen molar-refractivity contribution in [1.29, 1.82) is 0 Å². The molecule has 1 saturated heterocycles. The van der Waals surface area contributed by atoms with Gasteiger partial charge in [0.2, 0.25) is 10.8 Å². The van der Waals surface area contributed by atoms with Crippen LogP contribution in [-0.2, 0) is 6.42 Å². The van der Waals surface area contributed by atoms with Gasteiger partial charge in [0.25, 0.3) is 0 Å². The Hall–Kier alpha value is -2.12. The van der Waals surface area contributed by atoms with Crippen molar-refractivity contribution in [3.63, 3.8) is 0 Å². The number of fused-ring (bicyclic) bond motifs is 1. The molecule has 2 atom stereocenters. The largest absolute Gasteiger partial charge is 0.497 e. The van der Waals surface area contributed by atoms with E-state index in [0.717, 1.165) is 46.5 Å². The first kappa shape index (κ1) is 18.3. The highest BCUT2D eigenvalue weighted by Crippen LogP contribution is 2.41. The van der Waals surface area contributed by atoms with E-state index in [1.54, 1.807) is 11.6 Å². The van der Waals surface area contributed by atoms with Gasteiger partial charge in [0.05, 0.1) is 18.0 Å². The third-order valence-electron chi connectivity index (χ3n) is 5.29. The SMILES string of the molecule is CCc1nc2sc([C@@H](c3ccc(OC)cc3)N3CCC[C@@H](C)C3)c(O)n2n1. The molecule has 6 nitrogen and oxygen atoms in total. The molecule has 0 radical (unpaired) electrons. The van der Waals surface area contributed by atoms with Crippen LogP contribution < -0.4 is 4.74 Å². The van der Waals surface area contributed by atoms with Crippen LogP contribution in [-0.4, -0.2) is 44.8 Å². The zero-order valence-corrected chi connectivity index (χ0v) is 16.9. The third-order valence-corrected chi connectivity index (χ3v) is 6.37. The number of aromatic nitrogens is 3. The van der Waals surface area contributed by atoms with E-state index in [4.69, 9.17) is 4.74 Å². The zero-order chi connectivity index (χ0) is 19.0. The van der Waals surface area contributed by atoms with Crippen LogP contribution in [0.2, 0.25) is 0 Å². The number of hydrogen-bond acceptors (Lipinski definition) is 6. The third kappa shape index (κ3) is 3.41. The van der Waals surface area contributed by atoms with Crippen molar-refractivity contribution in [3.05, 3.63) is 40.5 Å². The summed E-state index contributed by atoms with van der Waals surface area (Å²) in [4.78, 5) is 8.68. The summed E-state index contributed by atoms with van der Waals surface area (Å²) in [6.45, 7) is 6.36. The number of nitrogens with zero attached hydrogens (tertiary/aromatic N) is 4. The Morgan fingerprint density at radius 2 is 2.11 bits per heavy atom. The minimum absolute atomic E-state index is 0.00256. The van der Waals surface area contributed by atoms with Gasteiger partial charge in [-0.05, 0) is 43.0 Å². The molecule has 4 rings (SSSR count). The molecule has 27 heavy (non-hydrogen) atoms. The summed E-state index contributed by atoms with van der Waals surface area (Å²) in [5, 5.41) is 15.4. The van der Waals surface area contributed by atoms with Gasteiger partial charge in [0, 0.05) is 13.0 Å². The number of aryl methyl sites for hydroxylation is 1. The number of benzene rings is 1. The van der Waals surface area contributed by atoms with Gasteiger partial charge < -0.3 is 9.84 Å². The molecular formula is C20H26N4O2S. The number of thiazole rings is 1. The fourth-order valence-electron chi connectivity index (χ4n) is 3.89. The molecule has 3 heterocycles. The van der Waals surface area contributed by atoms with Crippen molar-refractivity contribution < 1.29 is 9.84 Å². The molecule has 1 aromatic carbocycles. The highest BCUT2D eigenvalue weighted by atomic mass is 32.1. The Balaban J connectivity index is 1.79. The van der Waals surface area contributed by atoms with Crippen molar-refractivity contribution in [2.45, 2.75) is 39.2 Å². The van der Waals surface area contributed by atoms with Gasteiger partial charge in [0.15, 0.2) is 5.82 Å². The van der Waals surface area contributed by atoms with E-state index < -0.39 is 0 Å². The molecule has 3 aromatic rings. The number of hydrogen-bond donors (Lipinski definition) is 1. The predicted octanol–water partition coefficient (Wildman–Crippen LogP) is 3.89. The van der Waals surface area contributed by atoms with Gasteiger partial charge in [-0.1, -0.05) is 37.3 Å². The lowest BCUT2D eigenvalue weighted by atomic mass is 9.95. The van der Waals surface area contributed by atoms with Gasteiger partial charge in [-0.15, -0.1) is 5.10 Å². The average Bonchev–Trinajstić information content (AvgIpc) is 3.22. The molecule has 2 aromatic heterocycles. The quantitative estimate of drug-likeness (QED) is 0.721. The maximum atomic E-state index is 10.9. The molecule has 144 valence electrons. The molecule has 0 aliphatic carbocycles. The first-order valence-electron chi connectivity index (χ1n) is 9.56. The number of methoxy groups -OCH3 is 1. The monoisotopic (exact) mass is 386 g/mol. The second-order valence-corrected chi connectivity index (χ2v) is 8.29. The summed E-state index contributed by atoms with van der Waals surface area (Å²) in [5.74, 6) is 2.46. The number of rotatable bonds is 5. The minimum Gasteiger partial charge on any atom is -0.497 e. The maximum absolute atomic E-state index is 10.9. The lowest BCUT2D eigenvalue weighted by Gasteiger charge is -2.37. The summed E-state index contributed by atoms with van der Waals surface area (Å²) in [5.41, 5.74) is 1.15. The topological polar surface area (TPSA) is 62.9 Å². The number of ether oxygens (including phenoxy) is 1. The normalized spacial score (nSPS) is 19.4. The second kappa shape index (κ2) is 7.48. The first-order valence-corrected chi connectivity index (χ1v) is 10.4. The van der Waals surface area contributed by atoms with Crippen molar-refractivity contribution in [2.24, 2.45) is 5.92 Å². The molecule has 0 amide bonds. The Bertz CT molecular complexity index is 918. The molecule has 1 N–H and O–H groups in total. The molecule has 0 unspecified atom stereocenters. The van der Waals surface area contributed by atoms with Gasteiger partial charge in [0.1, 0.15) is 5.75 Å². The van der Waals surface area contributed by atoms with E-state index in [0.29, 0.717) is 5.92 Å². The van der Waals surface area contributed by atoms with Crippen molar-refractivity contribution in [2.75, 3.05) is 20.2 Å². The highest BCUT2D eigenvalue weighted by Gasteiger charge is 2.31. The Morgan fingerprint density at radius 3 is 2.74 bits per heavy atom. The highest BCUT2D eigenvalue weighted by molar-refractivity contribution is 7.17. The van der Waals surface area contributed by atoms with Gasteiger partial charge in [-0.25, -0.2) is 4.98 Å². The number of piperidine rings is 1. The Labute approximate surface area is 163 Å². The zero-order valence-electron chi connectivity index (χ0n) is 16.1. The lowest BCUT2D eigenvalue weighted by molar-refractivity contribution is 0.149. The molecule has 0 saturated carbocycles. The maximum Gasteiger partial charge on any atom is 0.230 e. The van der Waals surface area contributed by atoms with Crippen LogP contribution in [0.5, 0.6) is 11.6 Å². The van der Waals surface area contributed by atoms with E-state index in [1.807, 2.05) is 19.1 Å². The van der Waals surface area contributed by atoms with Crippen LogP contribution in [0.1, 0.15) is 49.0 Å². The van der Waals surface area contributed by atoms with E-state index in [9.17, 15) is 5.11 Å². The molecule has 0 spiro atoms. The van der Waals surface area contributed by atoms with Crippen LogP contribution in [0.15, 0.2) is 24.3 Å². The van der Waals surface area contributed by atoms with E-state index in [1.165, 1.54) is 24.2 Å². The van der Waals surface area contributed by atoms with Crippen LogP contribution in [0.4, 0.5) is 0 Å². The first-order chi connectivity index (χ1) is 13.1. The molecule has 7 heteroatoms. The minimum atomic E-state index is -0.00256. The summed E-state index contributed by atoms with van der Waals surface area (Å²) in [6, 6.07) is 8.15. The van der Waals surface area contributed by atoms with Gasteiger partial charge in [-0.3, -0.25) is 4.90 Å². The van der Waals surface area contributed by atoms with E-state index in [2.05, 4.69) is 34.0 Å². The standard InChI is InChI=1S/C20H26N4O2S/c1-4-16-21-20-24(22-16)19(25)18(27-20)17(23-11-5-6-13(2)12-23)14-7-9-15(26-3)10-8-14/h7-10,13,17,25H,4-6,11-12H2,1-3H3/t13-,17-/m1/s1. The van der Waals surface area contributed by atoms with E-state index in [-0.39, 0.29) is 11.9 Å². The van der Waals surface area contributed by atoms with Crippen molar-refractivity contribution >= 4 is 16.3 Å². The van der Waals surface area contributed by atoms with Crippen molar-refractivity contribution in [1.82, 2.24) is 19.5 Å². The Morgan fingerprint density at radius 1 is 1.33 bits per heavy atom. The molecular weight excluding hydrogens is 360 g/mol. The molecule has 1 aliphatic heterocycles. The van der Waals surface area contributed by atoms with Gasteiger partial charge in [-0.2, -0.15) is 4.52 Å². The average molecular weight is 387 g/mol. The van der Waals surface area contributed by atoms with Crippen LogP contribution in [0.3, 0.4) is 0 Å².